The number of carboxylic acids is 1. The zero-order chi connectivity index (χ0) is 13.1. The summed E-state index contributed by atoms with van der Waals surface area (Å²) in [6.07, 6.45) is 5.35. The molecule has 0 spiro atoms. The number of aliphatic carboxylic acids is 1. The van der Waals surface area contributed by atoms with E-state index >= 15 is 0 Å². The van der Waals surface area contributed by atoms with E-state index in [0.717, 1.165) is 0 Å². The Kier molecular flexibility index (Phi) is 3.40. The molecule has 0 saturated carbocycles. The third-order valence-electron chi connectivity index (χ3n) is 2.53. The molecule has 2 aromatic heterocycles. The molecule has 0 aliphatic rings. The molecule has 0 unspecified atom stereocenters. The molecular weight excluding hydrogens is 234 g/mol. The van der Waals surface area contributed by atoms with Gasteiger partial charge in [0.1, 0.15) is 12.4 Å². The lowest BCUT2D eigenvalue weighted by atomic mass is 10.0. The van der Waals surface area contributed by atoms with Crippen molar-refractivity contribution in [3.05, 3.63) is 18.7 Å². The SMILES string of the molecule is CC(C)C[C@@H](Nc1nccn2cnnc12)C(=O)O. The summed E-state index contributed by atoms with van der Waals surface area (Å²) < 4.78 is 1.68. The van der Waals surface area contributed by atoms with Crippen molar-refractivity contribution >= 4 is 17.4 Å². The zero-order valence-corrected chi connectivity index (χ0v) is 10.2. The number of rotatable bonds is 5. The van der Waals surface area contributed by atoms with Gasteiger partial charge in [-0.05, 0) is 12.3 Å². The van der Waals surface area contributed by atoms with Crippen LogP contribution < -0.4 is 5.32 Å². The third kappa shape index (κ3) is 2.55. The smallest absolute Gasteiger partial charge is 0.326 e. The van der Waals surface area contributed by atoms with Gasteiger partial charge in [0.15, 0.2) is 5.82 Å². The molecular formula is C11H15N5O2. The second-order valence-electron chi connectivity index (χ2n) is 4.50. The van der Waals surface area contributed by atoms with Crippen molar-refractivity contribution in [3.8, 4) is 0 Å². The van der Waals surface area contributed by atoms with E-state index in [4.69, 9.17) is 0 Å². The van der Waals surface area contributed by atoms with E-state index in [-0.39, 0.29) is 5.92 Å². The van der Waals surface area contributed by atoms with Gasteiger partial charge >= 0.3 is 5.97 Å². The molecule has 0 radical (unpaired) electrons. The molecule has 2 rings (SSSR count). The lowest BCUT2D eigenvalue weighted by Crippen LogP contribution is -2.31. The van der Waals surface area contributed by atoms with Crippen LogP contribution >= 0.6 is 0 Å². The van der Waals surface area contributed by atoms with Crippen molar-refractivity contribution in [3.63, 3.8) is 0 Å². The Hall–Kier alpha value is -2.18. The number of hydrogen-bond acceptors (Lipinski definition) is 5. The quantitative estimate of drug-likeness (QED) is 0.822. The number of hydrogen-bond donors (Lipinski definition) is 2. The molecule has 0 aliphatic carbocycles. The highest BCUT2D eigenvalue weighted by atomic mass is 16.4. The van der Waals surface area contributed by atoms with Gasteiger partial charge in [-0.25, -0.2) is 9.78 Å². The van der Waals surface area contributed by atoms with Gasteiger partial charge in [0.05, 0.1) is 0 Å². The standard InChI is InChI=1S/C11H15N5O2/c1-7(2)5-8(11(17)18)14-9-10-15-13-6-16(10)4-3-12-9/h3-4,6-8H,5H2,1-2H3,(H,12,14)(H,17,18)/t8-/m1/s1. The van der Waals surface area contributed by atoms with Crippen molar-refractivity contribution < 1.29 is 9.90 Å². The minimum atomic E-state index is -0.896. The summed E-state index contributed by atoms with van der Waals surface area (Å²) in [5.74, 6) is -0.189. The predicted octanol–water partition coefficient (Wildman–Crippen LogP) is 1.04. The van der Waals surface area contributed by atoms with Crippen LogP contribution in [0.25, 0.3) is 5.65 Å². The molecule has 0 bridgehead atoms. The van der Waals surface area contributed by atoms with Gasteiger partial charge in [0.25, 0.3) is 0 Å². The second kappa shape index (κ2) is 4.99. The largest absolute Gasteiger partial charge is 0.480 e. The Morgan fingerprint density at radius 2 is 2.33 bits per heavy atom. The van der Waals surface area contributed by atoms with E-state index in [1.54, 1.807) is 23.1 Å². The lowest BCUT2D eigenvalue weighted by molar-refractivity contribution is -0.138. The summed E-state index contributed by atoms with van der Waals surface area (Å²) in [5.41, 5.74) is 0.521. The van der Waals surface area contributed by atoms with Crippen molar-refractivity contribution in [1.82, 2.24) is 19.6 Å². The van der Waals surface area contributed by atoms with Gasteiger partial charge in [-0.15, -0.1) is 10.2 Å². The molecule has 7 nitrogen and oxygen atoms in total. The molecule has 18 heavy (non-hydrogen) atoms. The maximum absolute atomic E-state index is 11.2. The average molecular weight is 249 g/mol. The maximum atomic E-state index is 11.2. The molecule has 0 saturated heterocycles. The fourth-order valence-electron chi connectivity index (χ4n) is 1.72. The van der Waals surface area contributed by atoms with Crippen LogP contribution in [0.3, 0.4) is 0 Å². The molecule has 96 valence electrons. The fourth-order valence-corrected chi connectivity index (χ4v) is 1.72. The first-order valence-electron chi connectivity index (χ1n) is 5.71. The number of fused-ring (bicyclic) bond motifs is 1. The molecule has 1 atom stereocenters. The molecule has 0 fully saturated rings. The van der Waals surface area contributed by atoms with Gasteiger partial charge < -0.3 is 10.4 Å². The Balaban J connectivity index is 2.25. The van der Waals surface area contributed by atoms with Crippen LogP contribution in [0.4, 0.5) is 5.82 Å². The third-order valence-corrected chi connectivity index (χ3v) is 2.53. The Labute approximate surface area is 104 Å². The van der Waals surface area contributed by atoms with Gasteiger partial charge in [0, 0.05) is 12.4 Å². The maximum Gasteiger partial charge on any atom is 0.326 e. The monoisotopic (exact) mass is 249 g/mol. The second-order valence-corrected chi connectivity index (χ2v) is 4.50. The first-order valence-corrected chi connectivity index (χ1v) is 5.71. The number of carbonyl (C=O) groups is 1. The topological polar surface area (TPSA) is 92.4 Å². The van der Waals surface area contributed by atoms with Gasteiger partial charge in [0.2, 0.25) is 5.65 Å². The fraction of sp³-hybridized carbons (Fsp3) is 0.455. The normalized spacial score (nSPS) is 12.8. The van der Waals surface area contributed by atoms with Crippen LogP contribution in [-0.4, -0.2) is 36.7 Å². The highest BCUT2D eigenvalue weighted by Crippen LogP contribution is 2.14. The van der Waals surface area contributed by atoms with E-state index in [2.05, 4.69) is 20.5 Å². The summed E-state index contributed by atoms with van der Waals surface area (Å²) in [7, 11) is 0. The summed E-state index contributed by atoms with van der Waals surface area (Å²) in [6.45, 7) is 3.95. The molecule has 0 amide bonds. The number of nitrogens with zero attached hydrogens (tertiary/aromatic N) is 4. The highest BCUT2D eigenvalue weighted by molar-refractivity contribution is 5.78. The minimum absolute atomic E-state index is 0.274. The van der Waals surface area contributed by atoms with Crippen molar-refractivity contribution in [1.29, 1.82) is 0 Å². The number of carboxylic acid groups (broad SMARTS) is 1. The Bertz CT molecular complexity index is 551. The molecule has 2 aromatic rings. The number of aromatic nitrogens is 4. The molecule has 0 aliphatic heterocycles. The minimum Gasteiger partial charge on any atom is -0.480 e. The Morgan fingerprint density at radius 1 is 1.56 bits per heavy atom. The first-order chi connectivity index (χ1) is 8.58. The predicted molar refractivity (Wildman–Crippen MR) is 65.3 cm³/mol. The number of anilines is 1. The van der Waals surface area contributed by atoms with E-state index < -0.39 is 12.0 Å². The van der Waals surface area contributed by atoms with E-state index in [1.807, 2.05) is 13.8 Å². The van der Waals surface area contributed by atoms with Crippen LogP contribution in [0.15, 0.2) is 18.7 Å². The molecule has 2 heterocycles. The van der Waals surface area contributed by atoms with Crippen LogP contribution in [0.5, 0.6) is 0 Å². The van der Waals surface area contributed by atoms with Gasteiger partial charge in [-0.3, -0.25) is 4.40 Å². The van der Waals surface area contributed by atoms with E-state index in [1.165, 1.54) is 0 Å². The Morgan fingerprint density at radius 3 is 3.00 bits per heavy atom. The molecule has 7 heteroatoms. The summed E-state index contributed by atoms with van der Waals surface area (Å²) in [4.78, 5) is 15.3. The summed E-state index contributed by atoms with van der Waals surface area (Å²) in [5, 5.41) is 19.7. The van der Waals surface area contributed by atoms with Crippen LogP contribution in [-0.2, 0) is 4.79 Å². The summed E-state index contributed by atoms with van der Waals surface area (Å²) >= 11 is 0. The van der Waals surface area contributed by atoms with E-state index in [0.29, 0.717) is 17.9 Å². The van der Waals surface area contributed by atoms with Crippen LogP contribution in [0, 0.1) is 5.92 Å². The number of nitrogens with one attached hydrogen (secondary N) is 1. The summed E-state index contributed by atoms with van der Waals surface area (Å²) in [6, 6.07) is -0.680. The van der Waals surface area contributed by atoms with Crippen molar-refractivity contribution in [2.24, 2.45) is 5.92 Å². The zero-order valence-electron chi connectivity index (χ0n) is 10.2. The lowest BCUT2D eigenvalue weighted by Gasteiger charge is -2.16. The van der Waals surface area contributed by atoms with Crippen LogP contribution in [0.2, 0.25) is 0 Å². The van der Waals surface area contributed by atoms with Gasteiger partial charge in [-0.2, -0.15) is 0 Å². The van der Waals surface area contributed by atoms with Crippen molar-refractivity contribution in [2.45, 2.75) is 26.3 Å². The van der Waals surface area contributed by atoms with E-state index in [9.17, 15) is 9.90 Å². The molecule has 2 N–H and O–H groups in total. The first kappa shape index (κ1) is 12.3. The molecule has 0 aromatic carbocycles. The highest BCUT2D eigenvalue weighted by Gasteiger charge is 2.20. The average Bonchev–Trinajstić information content (AvgIpc) is 2.76. The van der Waals surface area contributed by atoms with Crippen LogP contribution in [0.1, 0.15) is 20.3 Å². The van der Waals surface area contributed by atoms with Gasteiger partial charge in [-0.1, -0.05) is 13.8 Å². The van der Waals surface area contributed by atoms with Crippen molar-refractivity contribution in [2.75, 3.05) is 5.32 Å².